The van der Waals surface area contributed by atoms with Gasteiger partial charge < -0.3 is 14.3 Å². The highest BCUT2D eigenvalue weighted by Gasteiger charge is 2.19. The van der Waals surface area contributed by atoms with Gasteiger partial charge in [-0.05, 0) is 49.4 Å². The van der Waals surface area contributed by atoms with Gasteiger partial charge in [-0.3, -0.25) is 9.69 Å². The molecule has 1 aliphatic heterocycles. The normalized spacial score (nSPS) is 14.8. The molecule has 0 atom stereocenters. The van der Waals surface area contributed by atoms with E-state index >= 15 is 0 Å². The molecule has 162 valence electrons. The van der Waals surface area contributed by atoms with Crippen molar-refractivity contribution in [1.82, 2.24) is 25.0 Å². The monoisotopic (exact) mass is 423 g/mol. The number of rotatable bonds is 7. The van der Waals surface area contributed by atoms with E-state index in [4.69, 9.17) is 4.42 Å². The molecule has 7 nitrogen and oxygen atoms in total. The maximum absolute atomic E-state index is 13.0. The van der Waals surface area contributed by atoms with Gasteiger partial charge in [0.15, 0.2) is 0 Å². The van der Waals surface area contributed by atoms with Gasteiger partial charge in [0.25, 0.3) is 5.91 Å². The molecule has 1 aliphatic rings. The molecule has 4 rings (SSSR count). The summed E-state index contributed by atoms with van der Waals surface area (Å²) in [5.74, 6) is 2.15. The van der Waals surface area contributed by atoms with Crippen LogP contribution in [0.2, 0.25) is 0 Å². The molecule has 0 saturated carbocycles. The lowest BCUT2D eigenvalue weighted by Gasteiger charge is -2.19. The van der Waals surface area contributed by atoms with Gasteiger partial charge >= 0.3 is 0 Å². The van der Waals surface area contributed by atoms with Crippen LogP contribution >= 0.6 is 0 Å². The number of benzene rings is 1. The van der Waals surface area contributed by atoms with Gasteiger partial charge in [-0.1, -0.05) is 5.57 Å². The van der Waals surface area contributed by atoms with Crippen molar-refractivity contribution in [3.63, 3.8) is 0 Å². The fourth-order valence-corrected chi connectivity index (χ4v) is 3.78. The molecule has 3 heterocycles. The average Bonchev–Trinajstić information content (AvgIpc) is 3.35. The largest absolute Gasteiger partial charge is 0.465 e. The Labute approximate surface area is 180 Å². The highest BCUT2D eigenvalue weighted by molar-refractivity contribution is 5.94. The zero-order valence-electron chi connectivity index (χ0n) is 17.6. The predicted octanol–water partition coefficient (Wildman–Crippen LogP) is 2.94. The lowest BCUT2D eigenvalue weighted by atomic mass is 10.2. The second kappa shape index (κ2) is 9.70. The van der Waals surface area contributed by atoms with Crippen LogP contribution < -0.4 is 5.32 Å². The Balaban J connectivity index is 1.29. The number of hydrogen-bond acceptors (Lipinski definition) is 5. The van der Waals surface area contributed by atoms with Crippen molar-refractivity contribution in [1.29, 1.82) is 0 Å². The summed E-state index contributed by atoms with van der Waals surface area (Å²) in [5, 5.41) is 11.6. The summed E-state index contributed by atoms with van der Waals surface area (Å²) in [6, 6.07) is 9.36. The van der Waals surface area contributed by atoms with Gasteiger partial charge in [-0.25, -0.2) is 4.39 Å². The quantitative estimate of drug-likeness (QED) is 0.632. The summed E-state index contributed by atoms with van der Waals surface area (Å²) in [5.41, 5.74) is 1.69. The van der Waals surface area contributed by atoms with E-state index in [0.717, 1.165) is 50.0 Å². The number of nitrogens with zero attached hydrogens (tertiary/aromatic N) is 4. The van der Waals surface area contributed by atoms with Crippen molar-refractivity contribution in [3.05, 3.63) is 77.0 Å². The fourth-order valence-electron chi connectivity index (χ4n) is 3.78. The summed E-state index contributed by atoms with van der Waals surface area (Å²) >= 11 is 0. The van der Waals surface area contributed by atoms with Gasteiger partial charge in [0.2, 0.25) is 0 Å². The summed E-state index contributed by atoms with van der Waals surface area (Å²) in [7, 11) is 0. The standard InChI is InChI=1S/C23H26FN5O2/c1-17(15-20-3-2-14-31-20)16-28-11-9-22-27-26-21(29(22)13-12-28)8-10-25-23(30)18-4-6-19(24)7-5-18/h2-7,14-15H,8-13,16H2,1H3,(H,25,30). The third-order valence-corrected chi connectivity index (χ3v) is 5.34. The van der Waals surface area contributed by atoms with E-state index in [0.29, 0.717) is 18.5 Å². The third-order valence-electron chi connectivity index (χ3n) is 5.34. The smallest absolute Gasteiger partial charge is 0.251 e. The Bertz CT molecular complexity index is 1040. The molecule has 31 heavy (non-hydrogen) atoms. The van der Waals surface area contributed by atoms with Crippen LogP contribution in [0.15, 0.2) is 52.7 Å². The molecule has 0 fully saturated rings. The van der Waals surface area contributed by atoms with Gasteiger partial charge in [-0.2, -0.15) is 0 Å². The van der Waals surface area contributed by atoms with E-state index in [9.17, 15) is 9.18 Å². The minimum absolute atomic E-state index is 0.222. The zero-order valence-corrected chi connectivity index (χ0v) is 17.6. The number of nitrogens with one attached hydrogen (secondary N) is 1. The SMILES string of the molecule is CC(=Cc1ccco1)CN1CCc2nnc(CCNC(=O)c3ccc(F)cc3)n2CC1. The van der Waals surface area contributed by atoms with Crippen molar-refractivity contribution in [2.45, 2.75) is 26.3 Å². The molecule has 1 amide bonds. The number of fused-ring (bicyclic) bond motifs is 1. The molecule has 0 unspecified atom stereocenters. The summed E-state index contributed by atoms with van der Waals surface area (Å²) in [6.45, 7) is 6.08. The topological polar surface area (TPSA) is 76.2 Å². The lowest BCUT2D eigenvalue weighted by molar-refractivity contribution is 0.0954. The van der Waals surface area contributed by atoms with E-state index in [1.165, 1.54) is 29.8 Å². The first-order valence-electron chi connectivity index (χ1n) is 10.5. The van der Waals surface area contributed by atoms with Crippen LogP contribution in [-0.4, -0.2) is 51.8 Å². The Morgan fingerprint density at radius 3 is 2.81 bits per heavy atom. The molecule has 8 heteroatoms. The second-order valence-electron chi connectivity index (χ2n) is 7.73. The van der Waals surface area contributed by atoms with E-state index < -0.39 is 0 Å². The maximum Gasteiger partial charge on any atom is 0.251 e. The van der Waals surface area contributed by atoms with E-state index in [1.54, 1.807) is 6.26 Å². The number of aromatic nitrogens is 3. The van der Waals surface area contributed by atoms with Crippen LogP contribution in [0.4, 0.5) is 4.39 Å². The lowest BCUT2D eigenvalue weighted by Crippen LogP contribution is -2.29. The van der Waals surface area contributed by atoms with E-state index in [-0.39, 0.29) is 11.7 Å². The molecule has 1 N–H and O–H groups in total. The minimum Gasteiger partial charge on any atom is -0.465 e. The fraction of sp³-hybridized carbons (Fsp3) is 0.348. The van der Waals surface area contributed by atoms with Crippen molar-refractivity contribution < 1.29 is 13.6 Å². The Morgan fingerprint density at radius 1 is 1.19 bits per heavy atom. The highest BCUT2D eigenvalue weighted by atomic mass is 19.1. The van der Waals surface area contributed by atoms with Crippen LogP contribution in [0.25, 0.3) is 6.08 Å². The molecule has 0 saturated heterocycles. The van der Waals surface area contributed by atoms with Gasteiger partial charge in [-0.15, -0.1) is 10.2 Å². The van der Waals surface area contributed by atoms with Crippen LogP contribution in [0.5, 0.6) is 0 Å². The summed E-state index contributed by atoms with van der Waals surface area (Å²) in [4.78, 5) is 14.6. The number of amides is 1. The van der Waals surface area contributed by atoms with Crippen LogP contribution in [0, 0.1) is 5.82 Å². The molecule has 2 aromatic heterocycles. The number of carbonyl (C=O) groups excluding carboxylic acids is 1. The van der Waals surface area contributed by atoms with Crippen LogP contribution in [0.1, 0.15) is 34.7 Å². The molecule has 0 radical (unpaired) electrons. The number of carbonyl (C=O) groups is 1. The molecular weight excluding hydrogens is 397 g/mol. The van der Waals surface area contributed by atoms with Crippen molar-refractivity contribution in [2.24, 2.45) is 0 Å². The summed E-state index contributed by atoms with van der Waals surface area (Å²) < 4.78 is 20.6. The number of halogens is 1. The van der Waals surface area contributed by atoms with Gasteiger partial charge in [0.05, 0.1) is 6.26 Å². The Morgan fingerprint density at radius 2 is 2.03 bits per heavy atom. The first kappa shape index (κ1) is 21.0. The number of hydrogen-bond donors (Lipinski definition) is 1. The molecule has 0 bridgehead atoms. The van der Waals surface area contributed by atoms with Crippen LogP contribution in [-0.2, 0) is 19.4 Å². The van der Waals surface area contributed by atoms with E-state index in [2.05, 4.69) is 38.0 Å². The van der Waals surface area contributed by atoms with Gasteiger partial charge in [0.1, 0.15) is 23.2 Å². The first-order chi connectivity index (χ1) is 15.1. The highest BCUT2D eigenvalue weighted by Crippen LogP contribution is 2.13. The van der Waals surface area contributed by atoms with Crippen molar-refractivity contribution in [3.8, 4) is 0 Å². The average molecular weight is 423 g/mol. The maximum atomic E-state index is 13.0. The van der Waals surface area contributed by atoms with Crippen LogP contribution in [0.3, 0.4) is 0 Å². The molecular formula is C23H26FN5O2. The predicted molar refractivity (Wildman–Crippen MR) is 115 cm³/mol. The minimum atomic E-state index is -0.358. The third kappa shape index (κ3) is 5.46. The second-order valence-corrected chi connectivity index (χ2v) is 7.73. The first-order valence-corrected chi connectivity index (χ1v) is 10.5. The summed E-state index contributed by atoms with van der Waals surface area (Å²) in [6.07, 6.45) is 5.18. The molecule has 1 aromatic carbocycles. The Kier molecular flexibility index (Phi) is 6.57. The number of furan rings is 1. The van der Waals surface area contributed by atoms with E-state index in [1.807, 2.05) is 12.1 Å². The molecule has 0 spiro atoms. The zero-order chi connectivity index (χ0) is 21.6. The molecule has 3 aromatic rings. The van der Waals surface area contributed by atoms with Crippen molar-refractivity contribution in [2.75, 3.05) is 26.2 Å². The van der Waals surface area contributed by atoms with Gasteiger partial charge in [0, 0.05) is 51.1 Å². The molecule has 0 aliphatic carbocycles. The van der Waals surface area contributed by atoms with Crippen molar-refractivity contribution >= 4 is 12.0 Å². The Hall–Kier alpha value is -3.26.